The van der Waals surface area contributed by atoms with Crippen LogP contribution in [-0.4, -0.2) is 24.6 Å². The summed E-state index contributed by atoms with van der Waals surface area (Å²) in [6.45, 7) is 0.124. The van der Waals surface area contributed by atoms with Crippen LogP contribution in [0.25, 0.3) is 0 Å². The molecule has 0 unspecified atom stereocenters. The van der Waals surface area contributed by atoms with Gasteiger partial charge >= 0.3 is 11.8 Å². The number of carbonyl (C=O) groups excluding carboxylic acids is 2. The fourth-order valence-corrected chi connectivity index (χ4v) is 1.05. The van der Waals surface area contributed by atoms with Crippen LogP contribution < -0.4 is 15.9 Å². The predicted molar refractivity (Wildman–Crippen MR) is 65.7 cm³/mol. The summed E-state index contributed by atoms with van der Waals surface area (Å²) in [6.07, 6.45) is 6.41. The van der Waals surface area contributed by atoms with Gasteiger partial charge < -0.3 is 10.5 Å². The summed E-state index contributed by atoms with van der Waals surface area (Å²) in [7, 11) is 0. The number of benzene rings is 1. The zero-order valence-electron chi connectivity index (χ0n) is 9.42. The molecule has 0 aliphatic heterocycles. The molecule has 3 N–H and O–H groups in total. The van der Waals surface area contributed by atoms with Gasteiger partial charge in [-0.05, 0) is 12.1 Å². The van der Waals surface area contributed by atoms with Crippen LogP contribution in [0.3, 0.4) is 0 Å². The first-order valence-electron chi connectivity index (χ1n) is 4.93. The zero-order valence-corrected chi connectivity index (χ0v) is 9.42. The molecular weight excluding hydrogens is 234 g/mol. The van der Waals surface area contributed by atoms with Gasteiger partial charge in [-0.15, -0.1) is 6.42 Å². The highest BCUT2D eigenvalue weighted by molar-refractivity contribution is 6.34. The van der Waals surface area contributed by atoms with Crippen LogP contribution in [0.1, 0.15) is 5.56 Å². The first-order chi connectivity index (χ1) is 8.65. The van der Waals surface area contributed by atoms with Crippen molar-refractivity contribution in [1.82, 2.24) is 5.43 Å². The number of nitrogens with one attached hydrogen (secondary N) is 1. The smallest absolute Gasteiger partial charge is 0.329 e. The normalized spacial score (nSPS) is 9.72. The van der Waals surface area contributed by atoms with Gasteiger partial charge in [-0.1, -0.05) is 18.1 Å². The summed E-state index contributed by atoms with van der Waals surface area (Å²) in [5.74, 6) is 0.756. The zero-order chi connectivity index (χ0) is 13.4. The van der Waals surface area contributed by atoms with Gasteiger partial charge in [-0.3, -0.25) is 9.59 Å². The van der Waals surface area contributed by atoms with Crippen molar-refractivity contribution in [1.29, 1.82) is 0 Å². The fourth-order valence-electron chi connectivity index (χ4n) is 1.05. The van der Waals surface area contributed by atoms with Gasteiger partial charge in [-0.25, -0.2) is 5.43 Å². The SMILES string of the molecule is C#CCOc1ccccc1/C=N\NC(=O)C(N)=O. The molecule has 2 amide bonds. The Hall–Kier alpha value is -2.81. The van der Waals surface area contributed by atoms with Gasteiger partial charge in [0.2, 0.25) is 0 Å². The van der Waals surface area contributed by atoms with E-state index in [-0.39, 0.29) is 6.61 Å². The molecule has 0 aliphatic carbocycles. The third-order valence-electron chi connectivity index (χ3n) is 1.82. The maximum absolute atomic E-state index is 10.8. The highest BCUT2D eigenvalue weighted by Crippen LogP contribution is 2.15. The summed E-state index contributed by atoms with van der Waals surface area (Å²) >= 11 is 0. The van der Waals surface area contributed by atoms with Crippen molar-refractivity contribution in [2.45, 2.75) is 0 Å². The van der Waals surface area contributed by atoms with Crippen LogP contribution in [0.15, 0.2) is 29.4 Å². The lowest BCUT2D eigenvalue weighted by Crippen LogP contribution is -2.32. The molecule has 1 rings (SSSR count). The minimum Gasteiger partial charge on any atom is -0.480 e. The quantitative estimate of drug-likeness (QED) is 0.328. The van der Waals surface area contributed by atoms with Crippen molar-refractivity contribution in [2.24, 2.45) is 10.8 Å². The van der Waals surface area contributed by atoms with Gasteiger partial charge in [0.25, 0.3) is 0 Å². The Kier molecular flexibility index (Phi) is 4.94. The van der Waals surface area contributed by atoms with E-state index >= 15 is 0 Å². The van der Waals surface area contributed by atoms with Crippen molar-refractivity contribution < 1.29 is 14.3 Å². The van der Waals surface area contributed by atoms with Gasteiger partial charge in [0.05, 0.1) is 6.21 Å². The van der Waals surface area contributed by atoms with E-state index in [0.717, 1.165) is 0 Å². The van der Waals surface area contributed by atoms with Gasteiger partial charge in [0, 0.05) is 5.56 Å². The standard InChI is InChI=1S/C12H11N3O3/c1-2-7-18-10-6-4-3-5-9(10)8-14-15-12(17)11(13)16/h1,3-6,8H,7H2,(H2,13,16)(H,15,17)/b14-8-. The Morgan fingerprint density at radius 3 is 2.89 bits per heavy atom. The molecule has 0 saturated carbocycles. The summed E-state index contributed by atoms with van der Waals surface area (Å²) < 4.78 is 5.26. The molecule has 0 bridgehead atoms. The van der Waals surface area contributed by atoms with Crippen molar-refractivity contribution in [2.75, 3.05) is 6.61 Å². The number of hydrazone groups is 1. The van der Waals surface area contributed by atoms with E-state index in [0.29, 0.717) is 11.3 Å². The van der Waals surface area contributed by atoms with Crippen LogP contribution >= 0.6 is 0 Å². The minimum atomic E-state index is -1.11. The second kappa shape index (κ2) is 6.70. The number of nitrogens with two attached hydrogens (primary N) is 1. The molecule has 1 aromatic rings. The third-order valence-corrected chi connectivity index (χ3v) is 1.82. The van der Waals surface area contributed by atoms with E-state index in [4.69, 9.17) is 16.9 Å². The van der Waals surface area contributed by atoms with Crippen LogP contribution in [0, 0.1) is 12.3 Å². The average Bonchev–Trinajstić information content (AvgIpc) is 2.37. The second-order valence-corrected chi connectivity index (χ2v) is 3.09. The Labute approximate surface area is 104 Å². The van der Waals surface area contributed by atoms with Gasteiger partial charge in [0.15, 0.2) is 0 Å². The number of hydrogen-bond donors (Lipinski definition) is 2. The van der Waals surface area contributed by atoms with Crippen molar-refractivity contribution in [3.05, 3.63) is 29.8 Å². The van der Waals surface area contributed by atoms with E-state index < -0.39 is 11.8 Å². The second-order valence-electron chi connectivity index (χ2n) is 3.09. The topological polar surface area (TPSA) is 93.8 Å². The van der Waals surface area contributed by atoms with Crippen molar-refractivity contribution in [3.63, 3.8) is 0 Å². The number of terminal acetylenes is 1. The molecule has 0 saturated heterocycles. The molecule has 0 atom stereocenters. The van der Waals surface area contributed by atoms with Gasteiger partial charge in [-0.2, -0.15) is 5.10 Å². The summed E-state index contributed by atoms with van der Waals surface area (Å²) in [5, 5.41) is 3.57. The maximum atomic E-state index is 10.8. The number of hydrogen-bond acceptors (Lipinski definition) is 4. The summed E-state index contributed by atoms with van der Waals surface area (Å²) in [6, 6.07) is 6.95. The first kappa shape index (κ1) is 13.3. The lowest BCUT2D eigenvalue weighted by molar-refractivity contribution is -0.137. The van der Waals surface area contributed by atoms with Crippen LogP contribution in [-0.2, 0) is 9.59 Å². The number of amides is 2. The fraction of sp³-hybridized carbons (Fsp3) is 0.0833. The van der Waals surface area contributed by atoms with Gasteiger partial charge in [0.1, 0.15) is 12.4 Å². The van der Waals surface area contributed by atoms with E-state index in [1.54, 1.807) is 24.3 Å². The number of ether oxygens (including phenoxy) is 1. The third kappa shape index (κ3) is 3.98. The van der Waals surface area contributed by atoms with E-state index in [2.05, 4.69) is 11.0 Å². The lowest BCUT2D eigenvalue weighted by atomic mass is 10.2. The monoisotopic (exact) mass is 245 g/mol. The molecule has 0 fully saturated rings. The van der Waals surface area contributed by atoms with E-state index in [1.807, 2.05) is 5.43 Å². The Morgan fingerprint density at radius 1 is 1.50 bits per heavy atom. The molecule has 0 heterocycles. The van der Waals surface area contributed by atoms with Crippen LogP contribution in [0.4, 0.5) is 0 Å². The van der Waals surface area contributed by atoms with E-state index in [1.165, 1.54) is 6.21 Å². The molecule has 0 aromatic heterocycles. The molecule has 0 aliphatic rings. The van der Waals surface area contributed by atoms with E-state index in [9.17, 15) is 9.59 Å². The number of carbonyl (C=O) groups is 2. The number of rotatable bonds is 4. The molecule has 0 radical (unpaired) electrons. The Morgan fingerprint density at radius 2 is 2.22 bits per heavy atom. The molecule has 92 valence electrons. The molecule has 6 nitrogen and oxygen atoms in total. The molecule has 0 spiro atoms. The summed E-state index contributed by atoms with van der Waals surface area (Å²) in [4.78, 5) is 21.3. The number of nitrogens with zero attached hydrogens (tertiary/aromatic N) is 1. The predicted octanol–water partition coefficient (Wildman–Crippen LogP) is -0.366. The van der Waals surface area contributed by atoms with Crippen LogP contribution in [0.2, 0.25) is 0 Å². The largest absolute Gasteiger partial charge is 0.480 e. The molecular formula is C12H11N3O3. The lowest BCUT2D eigenvalue weighted by Gasteiger charge is -2.05. The highest BCUT2D eigenvalue weighted by Gasteiger charge is 2.05. The molecule has 18 heavy (non-hydrogen) atoms. The number of para-hydroxylation sites is 1. The highest BCUT2D eigenvalue weighted by atomic mass is 16.5. The number of primary amides is 1. The molecule has 1 aromatic carbocycles. The average molecular weight is 245 g/mol. The van der Waals surface area contributed by atoms with Crippen molar-refractivity contribution >= 4 is 18.0 Å². The minimum absolute atomic E-state index is 0.124. The molecule has 6 heteroatoms. The summed E-state index contributed by atoms with van der Waals surface area (Å²) in [5.41, 5.74) is 7.32. The maximum Gasteiger partial charge on any atom is 0.329 e. The Balaban J connectivity index is 2.72. The Bertz CT molecular complexity index is 518. The first-order valence-corrected chi connectivity index (χ1v) is 4.93. The van der Waals surface area contributed by atoms with Crippen LogP contribution in [0.5, 0.6) is 5.75 Å². The van der Waals surface area contributed by atoms with Crippen molar-refractivity contribution in [3.8, 4) is 18.1 Å².